The molecule has 2 aromatic rings. The monoisotopic (exact) mass is 274 g/mol. The van der Waals surface area contributed by atoms with Gasteiger partial charge in [-0.15, -0.1) is 11.3 Å². The molecule has 2 aromatic heterocycles. The first-order chi connectivity index (χ1) is 9.29. The largest absolute Gasteiger partial charge is 0.349 e. The minimum Gasteiger partial charge on any atom is -0.349 e. The highest BCUT2D eigenvalue weighted by Gasteiger charge is 2.24. The predicted molar refractivity (Wildman–Crippen MR) is 77.8 cm³/mol. The van der Waals surface area contributed by atoms with Gasteiger partial charge in [-0.05, 0) is 31.7 Å². The molecule has 2 fully saturated rings. The van der Waals surface area contributed by atoms with Gasteiger partial charge in [-0.2, -0.15) is 0 Å². The quantitative estimate of drug-likeness (QED) is 0.909. The van der Waals surface area contributed by atoms with Gasteiger partial charge < -0.3 is 9.88 Å². The van der Waals surface area contributed by atoms with Crippen LogP contribution in [0.4, 0.5) is 0 Å². The summed E-state index contributed by atoms with van der Waals surface area (Å²) in [6.07, 6.45) is 11.8. The van der Waals surface area contributed by atoms with E-state index in [0.29, 0.717) is 6.04 Å². The molecule has 2 aliphatic rings. The van der Waals surface area contributed by atoms with Crippen LogP contribution < -0.4 is 5.32 Å². The van der Waals surface area contributed by atoms with Gasteiger partial charge in [0.05, 0.1) is 9.58 Å². The molecule has 3 nitrogen and oxygen atoms in total. The van der Waals surface area contributed by atoms with Crippen LogP contribution in [0, 0.1) is 0 Å². The smallest absolute Gasteiger partial charge is 0.261 e. The van der Waals surface area contributed by atoms with Crippen molar-refractivity contribution in [1.82, 2.24) is 9.88 Å². The average Bonchev–Trinajstić information content (AvgIpc) is 2.82. The van der Waals surface area contributed by atoms with E-state index in [9.17, 15) is 4.79 Å². The molecule has 1 N–H and O–H groups in total. The maximum absolute atomic E-state index is 12.2. The number of amides is 1. The zero-order chi connectivity index (χ0) is 12.8. The van der Waals surface area contributed by atoms with Gasteiger partial charge in [0.15, 0.2) is 0 Å². The summed E-state index contributed by atoms with van der Waals surface area (Å²) in [5.74, 6) is 0.117. The van der Waals surface area contributed by atoms with E-state index in [4.69, 9.17) is 0 Å². The molecule has 0 saturated heterocycles. The van der Waals surface area contributed by atoms with E-state index in [1.807, 2.05) is 6.07 Å². The molecule has 4 heteroatoms. The van der Waals surface area contributed by atoms with Crippen LogP contribution in [0.2, 0.25) is 0 Å². The van der Waals surface area contributed by atoms with E-state index in [-0.39, 0.29) is 5.91 Å². The number of fused-ring (bicyclic) bond motifs is 1. The minimum absolute atomic E-state index is 0.117. The second-order valence-electron chi connectivity index (χ2n) is 5.82. The fourth-order valence-electron chi connectivity index (χ4n) is 2.98. The molecule has 4 rings (SSSR count). The molecule has 2 aliphatic carbocycles. The lowest BCUT2D eigenvalue weighted by Gasteiger charge is -2.10. The Morgan fingerprint density at radius 3 is 2.68 bits per heavy atom. The number of aromatic nitrogens is 1. The molecule has 2 saturated carbocycles. The predicted octanol–water partition coefficient (Wildman–Crippen LogP) is 3.71. The van der Waals surface area contributed by atoms with Crippen LogP contribution in [0.25, 0.3) is 10.1 Å². The zero-order valence-electron chi connectivity index (χ0n) is 10.9. The minimum atomic E-state index is 0.117. The van der Waals surface area contributed by atoms with E-state index >= 15 is 0 Å². The van der Waals surface area contributed by atoms with Crippen molar-refractivity contribution in [3.63, 3.8) is 0 Å². The van der Waals surface area contributed by atoms with Gasteiger partial charge >= 0.3 is 0 Å². The number of hydrogen-bond acceptors (Lipinski definition) is 2. The summed E-state index contributed by atoms with van der Waals surface area (Å²) >= 11 is 1.62. The van der Waals surface area contributed by atoms with Crippen molar-refractivity contribution < 1.29 is 4.79 Å². The highest BCUT2D eigenvalue weighted by Crippen LogP contribution is 2.38. The van der Waals surface area contributed by atoms with E-state index in [2.05, 4.69) is 22.3 Å². The van der Waals surface area contributed by atoms with Gasteiger partial charge in [-0.25, -0.2) is 0 Å². The maximum atomic E-state index is 12.2. The Balaban J connectivity index is 1.53. The third kappa shape index (κ3) is 2.18. The Bertz CT molecular complexity index is 586. The van der Waals surface area contributed by atoms with Crippen LogP contribution >= 0.6 is 11.3 Å². The van der Waals surface area contributed by atoms with Crippen LogP contribution in [0.3, 0.4) is 0 Å². The summed E-state index contributed by atoms with van der Waals surface area (Å²) in [5.41, 5.74) is 0. The lowest BCUT2D eigenvalue weighted by atomic mass is 10.2. The third-order valence-corrected chi connectivity index (χ3v) is 5.31. The fraction of sp³-hybridized carbons (Fsp3) is 0.533. The molecule has 2 heterocycles. The number of hydrogen-bond donors (Lipinski definition) is 1. The van der Waals surface area contributed by atoms with Crippen LogP contribution in [0.5, 0.6) is 0 Å². The van der Waals surface area contributed by atoms with Crippen LogP contribution in [0.1, 0.15) is 54.2 Å². The van der Waals surface area contributed by atoms with Crippen molar-refractivity contribution >= 4 is 27.3 Å². The standard InChI is InChI=1S/C15H18N2OS/c18-15(16-11-3-1-2-4-11)13-7-10-8-17(12-5-6-12)9-14(10)19-13/h7-9,11-12H,1-6H2,(H,16,18). The van der Waals surface area contributed by atoms with Gasteiger partial charge in [0.1, 0.15) is 0 Å². The number of carbonyl (C=O) groups excluding carboxylic acids is 1. The first kappa shape index (κ1) is 11.5. The number of carbonyl (C=O) groups is 1. The van der Waals surface area contributed by atoms with Crippen LogP contribution in [-0.4, -0.2) is 16.5 Å². The number of nitrogens with one attached hydrogen (secondary N) is 1. The number of thiophene rings is 1. The summed E-state index contributed by atoms with van der Waals surface area (Å²) in [6, 6.07) is 3.17. The van der Waals surface area contributed by atoms with Gasteiger partial charge in [-0.1, -0.05) is 12.8 Å². The summed E-state index contributed by atoms with van der Waals surface area (Å²) in [5, 5.41) is 4.38. The van der Waals surface area contributed by atoms with Crippen molar-refractivity contribution in [3.8, 4) is 0 Å². The van der Waals surface area contributed by atoms with Crippen molar-refractivity contribution in [3.05, 3.63) is 23.3 Å². The van der Waals surface area contributed by atoms with E-state index in [1.165, 1.54) is 35.8 Å². The number of rotatable bonds is 3. The molecule has 0 unspecified atom stereocenters. The van der Waals surface area contributed by atoms with Gasteiger partial charge in [0.25, 0.3) is 5.91 Å². The lowest BCUT2D eigenvalue weighted by molar-refractivity contribution is 0.0942. The normalized spacial score (nSPS) is 20.2. The average molecular weight is 274 g/mol. The molecule has 1 amide bonds. The SMILES string of the molecule is O=C(NC1CCCC1)c1cc2cn(C3CC3)cc2s1. The molecule has 0 bridgehead atoms. The summed E-state index contributed by atoms with van der Waals surface area (Å²) in [7, 11) is 0. The Hall–Kier alpha value is -1.29. The fourth-order valence-corrected chi connectivity index (χ4v) is 3.95. The summed E-state index contributed by atoms with van der Waals surface area (Å²) in [4.78, 5) is 13.1. The molecule has 0 aliphatic heterocycles. The van der Waals surface area contributed by atoms with Crippen molar-refractivity contribution in [2.24, 2.45) is 0 Å². The highest BCUT2D eigenvalue weighted by atomic mass is 32.1. The lowest BCUT2D eigenvalue weighted by Crippen LogP contribution is -2.31. The van der Waals surface area contributed by atoms with E-state index in [0.717, 1.165) is 23.8 Å². The van der Waals surface area contributed by atoms with Gasteiger partial charge in [0.2, 0.25) is 0 Å². The molecule has 100 valence electrons. The molecule has 0 radical (unpaired) electrons. The summed E-state index contributed by atoms with van der Waals surface area (Å²) < 4.78 is 3.54. The topological polar surface area (TPSA) is 34.0 Å². The number of nitrogens with zero attached hydrogens (tertiary/aromatic N) is 1. The van der Waals surface area contributed by atoms with Crippen LogP contribution in [0.15, 0.2) is 18.5 Å². The molecule has 0 aromatic carbocycles. The zero-order valence-corrected chi connectivity index (χ0v) is 11.7. The summed E-state index contributed by atoms with van der Waals surface area (Å²) in [6.45, 7) is 0. The molecular formula is C15H18N2OS. The van der Waals surface area contributed by atoms with E-state index in [1.54, 1.807) is 11.3 Å². The Morgan fingerprint density at radius 1 is 1.21 bits per heavy atom. The Labute approximate surface area is 116 Å². The molecule has 0 atom stereocenters. The molecule has 0 spiro atoms. The van der Waals surface area contributed by atoms with Crippen molar-refractivity contribution in [2.45, 2.75) is 50.6 Å². The molecular weight excluding hydrogens is 256 g/mol. The first-order valence-electron chi connectivity index (χ1n) is 7.21. The first-order valence-corrected chi connectivity index (χ1v) is 8.03. The second kappa shape index (κ2) is 4.37. The van der Waals surface area contributed by atoms with Gasteiger partial charge in [0, 0.05) is 29.9 Å². The Morgan fingerprint density at radius 2 is 2.00 bits per heavy atom. The maximum Gasteiger partial charge on any atom is 0.261 e. The van der Waals surface area contributed by atoms with Crippen molar-refractivity contribution in [2.75, 3.05) is 0 Å². The Kier molecular flexibility index (Phi) is 2.65. The van der Waals surface area contributed by atoms with Gasteiger partial charge in [-0.3, -0.25) is 4.79 Å². The highest BCUT2D eigenvalue weighted by molar-refractivity contribution is 7.20. The van der Waals surface area contributed by atoms with E-state index < -0.39 is 0 Å². The van der Waals surface area contributed by atoms with Crippen LogP contribution in [-0.2, 0) is 0 Å². The second-order valence-corrected chi connectivity index (χ2v) is 6.91. The molecule has 19 heavy (non-hydrogen) atoms. The van der Waals surface area contributed by atoms with Crippen molar-refractivity contribution in [1.29, 1.82) is 0 Å². The third-order valence-electron chi connectivity index (χ3n) is 4.23.